The Hall–Kier alpha value is -0.340. The summed E-state index contributed by atoms with van der Waals surface area (Å²) >= 11 is 5.69. The van der Waals surface area contributed by atoms with E-state index in [4.69, 9.17) is 11.6 Å². The van der Waals surface area contributed by atoms with Crippen molar-refractivity contribution in [1.29, 1.82) is 0 Å². The summed E-state index contributed by atoms with van der Waals surface area (Å²) in [5.74, 6) is 0.360. The summed E-state index contributed by atoms with van der Waals surface area (Å²) in [6, 6.07) is 0.321. The van der Waals surface area contributed by atoms with E-state index in [1.807, 2.05) is 0 Å². The second kappa shape index (κ2) is 4.06. The Kier molecular flexibility index (Phi) is 3.29. The van der Waals surface area contributed by atoms with Gasteiger partial charge in [-0.05, 0) is 6.92 Å². The first kappa shape index (κ1) is 9.75. The molecule has 1 heterocycles. The Bertz CT molecular complexity index is 203. The SMILES string of the molecule is C=C(Cl)CN1CCC(=O)CC1C. The van der Waals surface area contributed by atoms with Crippen molar-refractivity contribution >= 4 is 17.4 Å². The van der Waals surface area contributed by atoms with E-state index in [1.54, 1.807) is 0 Å². The molecule has 1 rings (SSSR count). The fraction of sp³-hybridized carbons (Fsp3) is 0.667. The molecule has 1 unspecified atom stereocenters. The van der Waals surface area contributed by atoms with Gasteiger partial charge in [0.05, 0.1) is 0 Å². The molecular formula is C9H14ClNO. The standard InChI is InChI=1S/C9H14ClNO/c1-7(10)6-11-4-3-9(12)5-8(11)2/h8H,1,3-6H2,2H3. The fourth-order valence-corrected chi connectivity index (χ4v) is 1.66. The summed E-state index contributed by atoms with van der Waals surface area (Å²) < 4.78 is 0. The number of piperidine rings is 1. The van der Waals surface area contributed by atoms with Crippen molar-refractivity contribution in [2.45, 2.75) is 25.8 Å². The van der Waals surface area contributed by atoms with Gasteiger partial charge in [0.15, 0.2) is 0 Å². The molecule has 12 heavy (non-hydrogen) atoms. The third-order valence-electron chi connectivity index (χ3n) is 2.20. The van der Waals surface area contributed by atoms with Crippen LogP contribution in [0.25, 0.3) is 0 Å². The van der Waals surface area contributed by atoms with Crippen molar-refractivity contribution < 1.29 is 4.79 Å². The van der Waals surface area contributed by atoms with Gasteiger partial charge in [-0.15, -0.1) is 0 Å². The second-order valence-electron chi connectivity index (χ2n) is 3.33. The van der Waals surface area contributed by atoms with Crippen molar-refractivity contribution in [1.82, 2.24) is 4.90 Å². The highest BCUT2D eigenvalue weighted by Crippen LogP contribution is 2.15. The number of nitrogens with zero attached hydrogens (tertiary/aromatic N) is 1. The molecule has 1 fully saturated rings. The maximum atomic E-state index is 11.0. The quantitative estimate of drug-likeness (QED) is 0.657. The van der Waals surface area contributed by atoms with Gasteiger partial charge < -0.3 is 0 Å². The van der Waals surface area contributed by atoms with E-state index in [-0.39, 0.29) is 0 Å². The molecule has 0 aromatic carbocycles. The van der Waals surface area contributed by atoms with Crippen LogP contribution in [0, 0.1) is 0 Å². The molecule has 0 N–H and O–H groups in total. The summed E-state index contributed by atoms with van der Waals surface area (Å²) in [5, 5.41) is 0.649. The molecule has 2 nitrogen and oxygen atoms in total. The van der Waals surface area contributed by atoms with Crippen LogP contribution in [0.2, 0.25) is 0 Å². The Labute approximate surface area is 78.2 Å². The first-order chi connectivity index (χ1) is 5.59. The van der Waals surface area contributed by atoms with Gasteiger partial charge in [-0.25, -0.2) is 0 Å². The molecule has 1 saturated heterocycles. The van der Waals surface area contributed by atoms with Crippen LogP contribution in [0.1, 0.15) is 19.8 Å². The van der Waals surface area contributed by atoms with Crippen LogP contribution in [0.3, 0.4) is 0 Å². The van der Waals surface area contributed by atoms with Gasteiger partial charge >= 0.3 is 0 Å². The predicted molar refractivity (Wildman–Crippen MR) is 50.3 cm³/mol. The minimum Gasteiger partial charge on any atom is -0.300 e. The monoisotopic (exact) mass is 187 g/mol. The average Bonchev–Trinajstić information content (AvgIpc) is 1.94. The Balaban J connectivity index is 2.45. The summed E-state index contributed by atoms with van der Waals surface area (Å²) in [4.78, 5) is 13.2. The normalized spacial score (nSPS) is 25.8. The third kappa shape index (κ3) is 2.61. The Morgan fingerprint density at radius 3 is 3.00 bits per heavy atom. The van der Waals surface area contributed by atoms with Gasteiger partial charge in [0.1, 0.15) is 5.78 Å². The molecule has 0 amide bonds. The van der Waals surface area contributed by atoms with Gasteiger partial charge in [0, 0.05) is 37.0 Å². The van der Waals surface area contributed by atoms with E-state index in [0.29, 0.717) is 36.2 Å². The van der Waals surface area contributed by atoms with Crippen LogP contribution in [0.5, 0.6) is 0 Å². The van der Waals surface area contributed by atoms with Crippen LogP contribution >= 0.6 is 11.6 Å². The van der Waals surface area contributed by atoms with Gasteiger partial charge in [0.25, 0.3) is 0 Å². The first-order valence-electron chi connectivity index (χ1n) is 4.18. The number of rotatable bonds is 2. The zero-order chi connectivity index (χ0) is 9.14. The maximum Gasteiger partial charge on any atom is 0.135 e. The molecule has 0 bridgehead atoms. The highest BCUT2D eigenvalue weighted by atomic mass is 35.5. The summed E-state index contributed by atoms with van der Waals surface area (Å²) in [6.45, 7) is 7.22. The minimum atomic E-state index is 0.321. The van der Waals surface area contributed by atoms with Crippen LogP contribution in [-0.4, -0.2) is 29.8 Å². The van der Waals surface area contributed by atoms with Gasteiger partial charge in [0.2, 0.25) is 0 Å². The number of hydrogen-bond acceptors (Lipinski definition) is 2. The highest BCUT2D eigenvalue weighted by Gasteiger charge is 2.22. The minimum absolute atomic E-state index is 0.321. The molecule has 0 saturated carbocycles. The number of ketones is 1. The topological polar surface area (TPSA) is 20.3 Å². The highest BCUT2D eigenvalue weighted by molar-refractivity contribution is 6.29. The lowest BCUT2D eigenvalue weighted by atomic mass is 10.0. The Morgan fingerprint density at radius 1 is 1.83 bits per heavy atom. The van der Waals surface area contributed by atoms with Crippen molar-refractivity contribution in [2.24, 2.45) is 0 Å². The molecule has 1 atom stereocenters. The van der Waals surface area contributed by atoms with Crippen molar-refractivity contribution in [3.63, 3.8) is 0 Å². The molecule has 0 aliphatic carbocycles. The number of carbonyl (C=O) groups is 1. The predicted octanol–water partition coefficient (Wildman–Crippen LogP) is 1.79. The van der Waals surface area contributed by atoms with E-state index in [2.05, 4.69) is 18.4 Å². The largest absolute Gasteiger partial charge is 0.300 e. The number of carbonyl (C=O) groups excluding carboxylic acids is 1. The molecule has 1 aliphatic rings. The lowest BCUT2D eigenvalue weighted by Gasteiger charge is -2.32. The van der Waals surface area contributed by atoms with E-state index < -0.39 is 0 Å². The molecule has 0 aromatic rings. The van der Waals surface area contributed by atoms with Crippen molar-refractivity contribution in [3.8, 4) is 0 Å². The lowest BCUT2D eigenvalue weighted by Crippen LogP contribution is -2.41. The summed E-state index contributed by atoms with van der Waals surface area (Å²) in [6.07, 6.45) is 1.32. The van der Waals surface area contributed by atoms with E-state index in [9.17, 15) is 4.79 Å². The zero-order valence-corrected chi connectivity index (χ0v) is 8.10. The zero-order valence-electron chi connectivity index (χ0n) is 7.35. The van der Waals surface area contributed by atoms with Crippen molar-refractivity contribution in [2.75, 3.05) is 13.1 Å². The molecule has 0 spiro atoms. The smallest absolute Gasteiger partial charge is 0.135 e. The average molecular weight is 188 g/mol. The van der Waals surface area contributed by atoms with Crippen LogP contribution in [0.4, 0.5) is 0 Å². The molecule has 1 aliphatic heterocycles. The third-order valence-corrected chi connectivity index (χ3v) is 2.32. The molecule has 3 heteroatoms. The number of halogens is 1. The van der Waals surface area contributed by atoms with Crippen molar-refractivity contribution in [3.05, 3.63) is 11.6 Å². The lowest BCUT2D eigenvalue weighted by molar-refractivity contribution is -0.122. The summed E-state index contributed by atoms with van der Waals surface area (Å²) in [7, 11) is 0. The number of hydrogen-bond donors (Lipinski definition) is 0. The van der Waals surface area contributed by atoms with Gasteiger partial charge in [-0.3, -0.25) is 9.69 Å². The summed E-state index contributed by atoms with van der Waals surface area (Å²) in [5.41, 5.74) is 0. The number of likely N-dealkylation sites (tertiary alicyclic amines) is 1. The molecule has 0 aromatic heterocycles. The Morgan fingerprint density at radius 2 is 2.50 bits per heavy atom. The van der Waals surface area contributed by atoms with Gasteiger partial charge in [-0.2, -0.15) is 0 Å². The second-order valence-corrected chi connectivity index (χ2v) is 3.86. The van der Waals surface area contributed by atoms with Gasteiger partial charge in [-0.1, -0.05) is 18.2 Å². The molecule has 0 radical (unpaired) electrons. The maximum absolute atomic E-state index is 11.0. The first-order valence-corrected chi connectivity index (χ1v) is 4.56. The van der Waals surface area contributed by atoms with E-state index in [1.165, 1.54) is 0 Å². The van der Waals surface area contributed by atoms with E-state index in [0.717, 1.165) is 6.54 Å². The van der Waals surface area contributed by atoms with Crippen LogP contribution < -0.4 is 0 Å². The van der Waals surface area contributed by atoms with Crippen LogP contribution in [0.15, 0.2) is 11.6 Å². The van der Waals surface area contributed by atoms with E-state index >= 15 is 0 Å². The molecule has 68 valence electrons. The van der Waals surface area contributed by atoms with Crippen LogP contribution in [-0.2, 0) is 4.79 Å². The fourth-order valence-electron chi connectivity index (χ4n) is 1.50. The molecular weight excluding hydrogens is 174 g/mol. The number of Topliss-reactive ketones (excluding diaryl/α,β-unsaturated/α-hetero) is 1.